The van der Waals surface area contributed by atoms with Gasteiger partial charge in [0, 0.05) is 19.6 Å². The fourth-order valence-electron chi connectivity index (χ4n) is 2.89. The van der Waals surface area contributed by atoms with Crippen LogP contribution in [0.1, 0.15) is 38.7 Å². The number of ether oxygens (including phenoxy) is 1. The molecule has 148 valence electrons. The third-order valence-corrected chi connectivity index (χ3v) is 4.51. The molecule has 1 aromatic rings. The first-order valence-electron chi connectivity index (χ1n) is 9.61. The summed E-state index contributed by atoms with van der Waals surface area (Å²) in [6, 6.07) is 8.36. The quantitative estimate of drug-likeness (QED) is 0.311. The van der Waals surface area contributed by atoms with Gasteiger partial charge in [-0.25, -0.2) is 0 Å². The number of halogens is 1. The van der Waals surface area contributed by atoms with Gasteiger partial charge >= 0.3 is 0 Å². The van der Waals surface area contributed by atoms with Gasteiger partial charge in [-0.05, 0) is 62.4 Å². The highest BCUT2D eigenvalue weighted by Crippen LogP contribution is 2.13. The first-order chi connectivity index (χ1) is 12.1. The predicted octanol–water partition coefficient (Wildman–Crippen LogP) is 3.27. The molecule has 5 nitrogen and oxygen atoms in total. The van der Waals surface area contributed by atoms with Gasteiger partial charge in [-0.15, -0.1) is 24.0 Å². The standard InChI is InChI=1S/C20H34N4O.HI/c1-17(2)9-11-22-20(21)23-12-10-18-5-7-19(8-6-18)25-16-15-24-13-3-4-14-24;/h5-8,17H,3-4,9-16H2,1-2H3,(H3,21,22,23);1H. The molecule has 1 aliphatic rings. The molecule has 1 saturated heterocycles. The van der Waals surface area contributed by atoms with Crippen molar-refractivity contribution in [3.05, 3.63) is 29.8 Å². The van der Waals surface area contributed by atoms with Crippen LogP contribution in [0.5, 0.6) is 5.75 Å². The second-order valence-corrected chi connectivity index (χ2v) is 7.17. The number of likely N-dealkylation sites (tertiary alicyclic amines) is 1. The Kier molecular flexibility index (Phi) is 11.7. The fraction of sp³-hybridized carbons (Fsp3) is 0.650. The second-order valence-electron chi connectivity index (χ2n) is 7.17. The Morgan fingerprint density at radius 2 is 1.92 bits per heavy atom. The zero-order chi connectivity index (χ0) is 17.9. The van der Waals surface area contributed by atoms with Crippen molar-refractivity contribution in [2.24, 2.45) is 16.6 Å². The molecule has 1 heterocycles. The SMILES string of the molecule is CC(C)CCN=C(N)NCCc1ccc(OCCN2CCCC2)cc1.I. The lowest BCUT2D eigenvalue weighted by atomic mass is 10.1. The zero-order valence-corrected chi connectivity index (χ0v) is 18.6. The van der Waals surface area contributed by atoms with Crippen LogP contribution in [0.4, 0.5) is 0 Å². The maximum Gasteiger partial charge on any atom is 0.188 e. The van der Waals surface area contributed by atoms with E-state index in [9.17, 15) is 0 Å². The van der Waals surface area contributed by atoms with Gasteiger partial charge in [-0.3, -0.25) is 9.89 Å². The molecular weight excluding hydrogens is 439 g/mol. The predicted molar refractivity (Wildman–Crippen MR) is 121 cm³/mol. The summed E-state index contributed by atoms with van der Waals surface area (Å²) >= 11 is 0. The fourth-order valence-corrected chi connectivity index (χ4v) is 2.89. The van der Waals surface area contributed by atoms with Gasteiger partial charge in [0.1, 0.15) is 12.4 Å². The molecule has 6 heteroatoms. The highest BCUT2D eigenvalue weighted by Gasteiger charge is 2.10. The van der Waals surface area contributed by atoms with E-state index in [1.807, 2.05) is 0 Å². The van der Waals surface area contributed by atoms with E-state index in [4.69, 9.17) is 10.5 Å². The first kappa shape index (κ1) is 23.0. The summed E-state index contributed by atoms with van der Waals surface area (Å²) in [6.07, 6.45) is 4.65. The van der Waals surface area contributed by atoms with Crippen LogP contribution in [0.15, 0.2) is 29.3 Å². The van der Waals surface area contributed by atoms with Gasteiger partial charge in [-0.2, -0.15) is 0 Å². The number of nitrogens with one attached hydrogen (secondary N) is 1. The van der Waals surface area contributed by atoms with Gasteiger partial charge in [0.05, 0.1) is 0 Å². The van der Waals surface area contributed by atoms with E-state index in [0.717, 1.165) is 44.8 Å². The number of benzene rings is 1. The molecule has 0 amide bonds. The van der Waals surface area contributed by atoms with Crippen molar-refractivity contribution >= 4 is 29.9 Å². The van der Waals surface area contributed by atoms with Crippen LogP contribution < -0.4 is 15.8 Å². The smallest absolute Gasteiger partial charge is 0.188 e. The third-order valence-electron chi connectivity index (χ3n) is 4.51. The summed E-state index contributed by atoms with van der Waals surface area (Å²) in [6.45, 7) is 10.2. The second kappa shape index (κ2) is 13.2. The highest BCUT2D eigenvalue weighted by molar-refractivity contribution is 14.0. The topological polar surface area (TPSA) is 62.9 Å². The average molecular weight is 474 g/mol. The Hall–Kier alpha value is -1.02. The van der Waals surface area contributed by atoms with Crippen molar-refractivity contribution in [1.29, 1.82) is 0 Å². The molecule has 1 aromatic carbocycles. The van der Waals surface area contributed by atoms with Gasteiger partial charge in [0.15, 0.2) is 5.96 Å². The summed E-state index contributed by atoms with van der Waals surface area (Å²) in [4.78, 5) is 6.80. The van der Waals surface area contributed by atoms with E-state index in [1.54, 1.807) is 0 Å². The van der Waals surface area contributed by atoms with Crippen LogP contribution in [0.2, 0.25) is 0 Å². The summed E-state index contributed by atoms with van der Waals surface area (Å²) in [5.41, 5.74) is 7.14. The molecule has 1 aliphatic heterocycles. The van der Waals surface area contributed by atoms with Gasteiger partial charge < -0.3 is 15.8 Å². The number of hydrogen-bond acceptors (Lipinski definition) is 3. The molecule has 0 bridgehead atoms. The maximum atomic E-state index is 5.87. The number of nitrogens with two attached hydrogens (primary N) is 1. The van der Waals surface area contributed by atoms with Crippen molar-refractivity contribution in [2.75, 3.05) is 39.3 Å². The molecule has 2 rings (SSSR count). The van der Waals surface area contributed by atoms with E-state index in [0.29, 0.717) is 11.9 Å². The van der Waals surface area contributed by atoms with Gasteiger partial charge in [0.2, 0.25) is 0 Å². The summed E-state index contributed by atoms with van der Waals surface area (Å²) in [7, 11) is 0. The lowest BCUT2D eigenvalue weighted by Crippen LogP contribution is -2.33. The highest BCUT2D eigenvalue weighted by atomic mass is 127. The summed E-state index contributed by atoms with van der Waals surface area (Å²) in [5.74, 6) is 2.15. The molecule has 0 radical (unpaired) electrons. The molecule has 0 unspecified atom stereocenters. The normalized spacial score (nSPS) is 15.1. The van der Waals surface area contributed by atoms with Crippen molar-refractivity contribution in [1.82, 2.24) is 10.2 Å². The molecule has 1 fully saturated rings. The lowest BCUT2D eigenvalue weighted by Gasteiger charge is -2.15. The number of hydrogen-bond donors (Lipinski definition) is 2. The monoisotopic (exact) mass is 474 g/mol. The first-order valence-corrected chi connectivity index (χ1v) is 9.61. The van der Waals surface area contributed by atoms with Crippen molar-refractivity contribution in [3.8, 4) is 5.75 Å². The number of nitrogens with zero attached hydrogens (tertiary/aromatic N) is 2. The Bertz CT molecular complexity index is 513. The minimum Gasteiger partial charge on any atom is -0.492 e. The number of guanidine groups is 1. The summed E-state index contributed by atoms with van der Waals surface area (Å²) in [5, 5.41) is 3.18. The zero-order valence-electron chi connectivity index (χ0n) is 16.2. The van der Waals surface area contributed by atoms with Crippen LogP contribution in [-0.2, 0) is 6.42 Å². The van der Waals surface area contributed by atoms with Crippen LogP contribution in [-0.4, -0.2) is 50.2 Å². The molecule has 0 saturated carbocycles. The lowest BCUT2D eigenvalue weighted by molar-refractivity contribution is 0.238. The van der Waals surface area contributed by atoms with Crippen LogP contribution in [0, 0.1) is 5.92 Å². The third kappa shape index (κ3) is 9.62. The Morgan fingerprint density at radius 1 is 1.23 bits per heavy atom. The molecule has 0 aliphatic carbocycles. The van der Waals surface area contributed by atoms with Crippen molar-refractivity contribution in [3.63, 3.8) is 0 Å². The Balaban J connectivity index is 0.00000338. The number of rotatable bonds is 10. The van der Waals surface area contributed by atoms with Gasteiger partial charge in [-0.1, -0.05) is 26.0 Å². The van der Waals surface area contributed by atoms with E-state index < -0.39 is 0 Å². The molecule has 0 spiro atoms. The number of aliphatic imine (C=N–C) groups is 1. The largest absolute Gasteiger partial charge is 0.492 e. The van der Waals surface area contributed by atoms with E-state index in [2.05, 4.69) is 53.3 Å². The molecule has 0 atom stereocenters. The van der Waals surface area contributed by atoms with E-state index >= 15 is 0 Å². The minimum atomic E-state index is 0. The van der Waals surface area contributed by atoms with E-state index in [1.165, 1.54) is 31.5 Å². The Labute approximate surface area is 175 Å². The molecular formula is C20H35IN4O. The minimum absolute atomic E-state index is 0. The Morgan fingerprint density at radius 3 is 2.58 bits per heavy atom. The average Bonchev–Trinajstić information content (AvgIpc) is 3.09. The maximum absolute atomic E-state index is 5.87. The van der Waals surface area contributed by atoms with Crippen molar-refractivity contribution < 1.29 is 4.74 Å². The van der Waals surface area contributed by atoms with Crippen LogP contribution in [0.3, 0.4) is 0 Å². The van der Waals surface area contributed by atoms with E-state index in [-0.39, 0.29) is 24.0 Å². The summed E-state index contributed by atoms with van der Waals surface area (Å²) < 4.78 is 5.83. The molecule has 3 N–H and O–H groups in total. The van der Waals surface area contributed by atoms with Crippen molar-refractivity contribution in [2.45, 2.75) is 39.5 Å². The van der Waals surface area contributed by atoms with Crippen LogP contribution >= 0.6 is 24.0 Å². The van der Waals surface area contributed by atoms with Crippen LogP contribution in [0.25, 0.3) is 0 Å². The molecule has 0 aromatic heterocycles. The van der Waals surface area contributed by atoms with Gasteiger partial charge in [0.25, 0.3) is 0 Å². The molecule has 26 heavy (non-hydrogen) atoms.